The number of benzene rings is 2. The Bertz CT molecular complexity index is 2180. The van der Waals surface area contributed by atoms with E-state index in [2.05, 4.69) is 10.3 Å². The molecule has 0 aliphatic carbocycles. The summed E-state index contributed by atoms with van der Waals surface area (Å²) in [5, 5.41) is 25.8. The number of fused-ring (bicyclic) bond motifs is 5. The average Bonchev–Trinajstić information content (AvgIpc) is 3.36. The molecule has 16 heteroatoms. The van der Waals surface area contributed by atoms with Gasteiger partial charge in [0, 0.05) is 22.7 Å². The smallest absolute Gasteiger partial charge is 0.437 e. The summed E-state index contributed by atoms with van der Waals surface area (Å²) in [5.41, 5.74) is -0.960. The van der Waals surface area contributed by atoms with Gasteiger partial charge in [-0.3, -0.25) is 19.4 Å². The summed E-state index contributed by atoms with van der Waals surface area (Å²) in [4.78, 5) is 60.3. The highest BCUT2D eigenvalue weighted by Crippen LogP contribution is 2.44. The van der Waals surface area contributed by atoms with Crippen LogP contribution < -0.4 is 16.2 Å². The molecule has 4 atom stereocenters. The molecule has 50 heavy (non-hydrogen) atoms. The Morgan fingerprint density at radius 2 is 1.94 bits per heavy atom. The maximum Gasteiger partial charge on any atom is 0.437 e. The third-order valence-corrected chi connectivity index (χ3v) is 9.05. The molecule has 258 valence electrons. The van der Waals surface area contributed by atoms with Crippen LogP contribution in [0.3, 0.4) is 0 Å². The molecule has 3 aliphatic heterocycles. The fraction of sp³-hybridized carbons (Fsp3) is 0.294. The number of rotatable bonds is 5. The number of nitrogens with one attached hydrogen (secondary N) is 2. The van der Waals surface area contributed by atoms with Gasteiger partial charge in [-0.25, -0.2) is 9.78 Å². The molecule has 5 heterocycles. The number of carbonyl (C=O) groups is 3. The molecule has 0 radical (unpaired) electrons. The van der Waals surface area contributed by atoms with Gasteiger partial charge in [-0.15, -0.1) is 0 Å². The van der Waals surface area contributed by atoms with Crippen molar-refractivity contribution >= 4 is 40.8 Å². The molecule has 2 aromatic carbocycles. The van der Waals surface area contributed by atoms with Crippen molar-refractivity contribution in [1.82, 2.24) is 20.2 Å². The Balaban J connectivity index is 1.31. The van der Waals surface area contributed by atoms with Gasteiger partial charge in [0.2, 0.25) is 0 Å². The fourth-order valence-corrected chi connectivity index (χ4v) is 6.69. The number of nitrogens with zero attached hydrogens (tertiary/aromatic N) is 3. The first-order chi connectivity index (χ1) is 23.8. The number of pyridine rings is 2. The third kappa shape index (κ3) is 5.36. The molecular weight excluding hydrogens is 663 g/mol. The molecule has 0 spiro atoms. The zero-order chi connectivity index (χ0) is 35.5. The Hall–Kier alpha value is -5.61. The van der Waals surface area contributed by atoms with Crippen LogP contribution in [0.5, 0.6) is 0 Å². The van der Waals surface area contributed by atoms with E-state index in [0.29, 0.717) is 33.4 Å². The molecule has 0 saturated carbocycles. The van der Waals surface area contributed by atoms with Gasteiger partial charge in [-0.2, -0.15) is 13.2 Å². The van der Waals surface area contributed by atoms with E-state index in [1.165, 1.54) is 41.2 Å². The zero-order valence-electron chi connectivity index (χ0n) is 26.2. The molecule has 7 rings (SSSR count). The largest absolute Gasteiger partial charge is 0.466 e. The number of halogens is 3. The number of aliphatic imine (C=N–C) groups is 1. The minimum atomic E-state index is -5.43. The first kappa shape index (κ1) is 32.9. The van der Waals surface area contributed by atoms with Crippen molar-refractivity contribution in [2.24, 2.45) is 10.9 Å². The number of aliphatic hydroxyl groups is 2. The number of amides is 2. The van der Waals surface area contributed by atoms with E-state index in [9.17, 15) is 42.6 Å². The summed E-state index contributed by atoms with van der Waals surface area (Å²) in [7, 11) is 0. The molecule has 1 saturated heterocycles. The van der Waals surface area contributed by atoms with E-state index in [1.54, 1.807) is 30.3 Å². The van der Waals surface area contributed by atoms with Crippen LogP contribution in [0.15, 0.2) is 64.4 Å². The Morgan fingerprint density at radius 3 is 2.70 bits per heavy atom. The monoisotopic (exact) mass is 691 g/mol. The lowest BCUT2D eigenvalue weighted by Crippen LogP contribution is -2.73. The molecule has 0 bridgehead atoms. The second-order valence-corrected chi connectivity index (χ2v) is 12.0. The number of aliphatic hydroxyl groups excluding tert-OH is 1. The predicted molar refractivity (Wildman–Crippen MR) is 169 cm³/mol. The zero-order valence-corrected chi connectivity index (χ0v) is 26.2. The topological polar surface area (TPSA) is 181 Å². The van der Waals surface area contributed by atoms with Gasteiger partial charge in [0.05, 0.1) is 59.9 Å². The minimum Gasteiger partial charge on any atom is -0.466 e. The van der Waals surface area contributed by atoms with Gasteiger partial charge in [0.15, 0.2) is 0 Å². The summed E-state index contributed by atoms with van der Waals surface area (Å²) in [6.45, 7) is 0.923. The number of para-hydroxylation sites is 1. The number of esters is 2. The van der Waals surface area contributed by atoms with Crippen LogP contribution in [0.2, 0.25) is 0 Å². The maximum absolute atomic E-state index is 14.1. The van der Waals surface area contributed by atoms with Gasteiger partial charge in [0.1, 0.15) is 12.5 Å². The number of alkyl halides is 3. The number of ether oxygens (including phenoxy) is 2. The molecule has 2 aromatic heterocycles. The van der Waals surface area contributed by atoms with E-state index >= 15 is 0 Å². The highest BCUT2D eigenvalue weighted by molar-refractivity contribution is 6.03. The van der Waals surface area contributed by atoms with Crippen molar-refractivity contribution in [3.8, 4) is 11.4 Å². The fourth-order valence-electron chi connectivity index (χ4n) is 6.69. The Morgan fingerprint density at radius 1 is 1.16 bits per heavy atom. The normalized spacial score (nSPS) is 23.0. The summed E-state index contributed by atoms with van der Waals surface area (Å²) in [6.07, 6.45) is -5.45. The van der Waals surface area contributed by atoms with E-state index in [4.69, 9.17) is 14.5 Å². The molecular formula is C34H28F3N5O8. The van der Waals surface area contributed by atoms with Crippen LogP contribution in [-0.2, 0) is 32.2 Å². The van der Waals surface area contributed by atoms with Crippen molar-refractivity contribution in [2.75, 3.05) is 6.61 Å². The van der Waals surface area contributed by atoms with Crippen molar-refractivity contribution in [2.45, 2.75) is 50.5 Å². The number of hydrogen-bond acceptors (Lipinski definition) is 10. The lowest BCUT2D eigenvalue weighted by atomic mass is 9.82. The summed E-state index contributed by atoms with van der Waals surface area (Å²) in [6, 6.07) is 11.6. The van der Waals surface area contributed by atoms with E-state index < -0.39 is 53.5 Å². The van der Waals surface area contributed by atoms with Crippen molar-refractivity contribution < 1.29 is 47.2 Å². The van der Waals surface area contributed by atoms with Crippen LogP contribution >= 0.6 is 0 Å². The lowest BCUT2D eigenvalue weighted by Gasteiger charge is -2.44. The Kier molecular flexibility index (Phi) is 7.94. The SMILES string of the molecule is CCOC(=O)C1C(c2cccc(N=Cc3c4c(nc5ccccc35)-c3cc5c(c(=O)n3C4)COC(=O)CC5O)c2)NC(=O)NC1(O)C(F)(F)F. The summed E-state index contributed by atoms with van der Waals surface area (Å²) >= 11 is 0. The Labute approximate surface area is 280 Å². The van der Waals surface area contributed by atoms with Crippen molar-refractivity contribution in [3.63, 3.8) is 0 Å². The van der Waals surface area contributed by atoms with Gasteiger partial charge < -0.3 is 34.9 Å². The predicted octanol–water partition coefficient (Wildman–Crippen LogP) is 3.44. The molecule has 4 N–H and O–H groups in total. The highest BCUT2D eigenvalue weighted by Gasteiger charge is 2.67. The standard InChI is InChI=1S/C34H28F3N5O8/c1-2-49-31(46)27-28(40-32(47)41-33(27,48)34(35,36)37)16-6-5-7-17(10-16)38-13-20-18-8-3-4-9-23(18)39-29-21(20)14-42-24(29)11-19-22(30(42)45)15-50-26(44)12-25(19)43/h3-11,13,25,27-28,43,48H,2,12,14-15H2,1H3,(H2,40,41,47). The molecule has 13 nitrogen and oxygen atoms in total. The average molecular weight is 692 g/mol. The van der Waals surface area contributed by atoms with Gasteiger partial charge in [-0.05, 0) is 42.3 Å². The van der Waals surface area contributed by atoms with E-state index in [0.717, 1.165) is 0 Å². The van der Waals surface area contributed by atoms with Crippen molar-refractivity contribution in [1.29, 1.82) is 0 Å². The van der Waals surface area contributed by atoms with Gasteiger partial charge in [0.25, 0.3) is 11.3 Å². The maximum atomic E-state index is 14.1. The lowest BCUT2D eigenvalue weighted by molar-refractivity contribution is -0.294. The first-order valence-corrected chi connectivity index (χ1v) is 15.5. The molecule has 1 fully saturated rings. The van der Waals surface area contributed by atoms with E-state index in [1.807, 2.05) is 6.07 Å². The van der Waals surface area contributed by atoms with Gasteiger partial charge in [-0.1, -0.05) is 30.3 Å². The quantitative estimate of drug-likeness (QED) is 0.159. The van der Waals surface area contributed by atoms with Crippen LogP contribution in [0.1, 0.15) is 53.3 Å². The number of carbonyl (C=O) groups excluding carboxylic acids is 3. The first-order valence-electron chi connectivity index (χ1n) is 15.5. The summed E-state index contributed by atoms with van der Waals surface area (Å²) < 4.78 is 53.9. The second-order valence-electron chi connectivity index (χ2n) is 12.0. The number of aromatic nitrogens is 2. The van der Waals surface area contributed by atoms with Gasteiger partial charge >= 0.3 is 24.1 Å². The van der Waals surface area contributed by atoms with Crippen LogP contribution in [0.4, 0.5) is 23.7 Å². The number of hydrogen-bond donors (Lipinski definition) is 4. The number of cyclic esters (lactones) is 1. The number of urea groups is 1. The van der Waals surface area contributed by atoms with Crippen LogP contribution in [-0.4, -0.2) is 62.5 Å². The molecule has 3 aliphatic rings. The summed E-state index contributed by atoms with van der Waals surface area (Å²) in [5.74, 6) is -4.31. The van der Waals surface area contributed by atoms with Crippen LogP contribution in [0, 0.1) is 5.92 Å². The highest BCUT2D eigenvalue weighted by atomic mass is 19.4. The molecule has 4 aromatic rings. The van der Waals surface area contributed by atoms with Crippen LogP contribution in [0.25, 0.3) is 22.3 Å². The third-order valence-electron chi connectivity index (χ3n) is 9.05. The molecule has 4 unspecified atom stereocenters. The minimum absolute atomic E-state index is 0.0414. The second kappa shape index (κ2) is 12.1. The van der Waals surface area contributed by atoms with E-state index in [-0.39, 0.29) is 48.6 Å². The van der Waals surface area contributed by atoms with Crippen molar-refractivity contribution in [3.05, 3.63) is 92.8 Å². The molecule has 2 amide bonds.